The summed E-state index contributed by atoms with van der Waals surface area (Å²) >= 11 is 6.07. The number of rotatable bonds is 5. The summed E-state index contributed by atoms with van der Waals surface area (Å²) < 4.78 is 0. The molecule has 0 radical (unpaired) electrons. The van der Waals surface area contributed by atoms with E-state index < -0.39 is 0 Å². The smallest absolute Gasteiger partial charge is 0.120 e. The van der Waals surface area contributed by atoms with Crippen LogP contribution in [0.2, 0.25) is 0 Å². The van der Waals surface area contributed by atoms with Gasteiger partial charge >= 0.3 is 0 Å². The molecule has 2 nitrogen and oxygen atoms in total. The fourth-order valence-corrected chi connectivity index (χ4v) is 2.51. The average Bonchev–Trinajstić information content (AvgIpc) is 2.31. The van der Waals surface area contributed by atoms with Crippen LogP contribution in [0.4, 0.5) is 0 Å². The van der Waals surface area contributed by atoms with E-state index in [0.717, 1.165) is 43.7 Å². The first kappa shape index (κ1) is 14.5. The van der Waals surface area contributed by atoms with Gasteiger partial charge in [-0.2, -0.15) is 0 Å². The highest BCUT2D eigenvalue weighted by Crippen LogP contribution is 2.38. The minimum Gasteiger partial charge on any atom is -0.306 e. The third-order valence-corrected chi connectivity index (χ3v) is 3.90. The number of carbonyl (C=O) groups excluding carboxylic acids is 1. The van der Waals surface area contributed by atoms with Crippen LogP contribution in [0.25, 0.3) is 0 Å². The summed E-state index contributed by atoms with van der Waals surface area (Å²) in [4.78, 5) is 13.2. The molecule has 1 aliphatic heterocycles. The van der Waals surface area contributed by atoms with Crippen LogP contribution < -0.4 is 0 Å². The lowest BCUT2D eigenvalue weighted by Gasteiger charge is -2.39. The second-order valence-electron chi connectivity index (χ2n) is 4.97. The minimum atomic E-state index is 0.135. The SMILES string of the molecule is C/C=C\C(Cl)=C/CC1(CC=O)CCN(C)CC1. The van der Waals surface area contributed by atoms with E-state index in [2.05, 4.69) is 18.0 Å². The van der Waals surface area contributed by atoms with E-state index in [1.807, 2.05) is 19.1 Å². The molecule has 0 unspecified atom stereocenters. The van der Waals surface area contributed by atoms with Crippen LogP contribution in [-0.4, -0.2) is 31.3 Å². The maximum atomic E-state index is 10.8. The Labute approximate surface area is 109 Å². The van der Waals surface area contributed by atoms with Gasteiger partial charge in [0.2, 0.25) is 0 Å². The van der Waals surface area contributed by atoms with Crippen molar-refractivity contribution in [1.29, 1.82) is 0 Å². The Morgan fingerprint density at radius 3 is 2.53 bits per heavy atom. The highest BCUT2D eigenvalue weighted by molar-refractivity contribution is 6.31. The summed E-state index contributed by atoms with van der Waals surface area (Å²) in [5, 5.41) is 0.775. The van der Waals surface area contributed by atoms with E-state index in [1.54, 1.807) is 0 Å². The highest BCUT2D eigenvalue weighted by Gasteiger charge is 2.32. The van der Waals surface area contributed by atoms with Crippen LogP contribution in [-0.2, 0) is 4.79 Å². The van der Waals surface area contributed by atoms with E-state index in [9.17, 15) is 4.79 Å². The van der Waals surface area contributed by atoms with Gasteiger partial charge in [-0.05, 0) is 57.8 Å². The molecule has 1 fully saturated rings. The van der Waals surface area contributed by atoms with Crippen LogP contribution in [0.3, 0.4) is 0 Å². The number of carbonyl (C=O) groups is 1. The van der Waals surface area contributed by atoms with Crippen molar-refractivity contribution < 1.29 is 4.79 Å². The molecule has 0 aliphatic carbocycles. The zero-order chi connectivity index (χ0) is 12.7. The van der Waals surface area contributed by atoms with Crippen molar-refractivity contribution in [2.75, 3.05) is 20.1 Å². The van der Waals surface area contributed by atoms with Gasteiger partial charge in [0, 0.05) is 11.5 Å². The van der Waals surface area contributed by atoms with E-state index in [4.69, 9.17) is 11.6 Å². The lowest BCUT2D eigenvalue weighted by Crippen LogP contribution is -2.38. The van der Waals surface area contributed by atoms with E-state index in [0.29, 0.717) is 6.42 Å². The molecule has 1 rings (SSSR count). The Kier molecular flexibility index (Phi) is 5.93. The molecule has 0 bridgehead atoms. The Morgan fingerprint density at radius 1 is 1.35 bits per heavy atom. The predicted octanol–water partition coefficient (Wildman–Crippen LogP) is 3.38. The van der Waals surface area contributed by atoms with Gasteiger partial charge in [-0.3, -0.25) is 0 Å². The van der Waals surface area contributed by atoms with Gasteiger partial charge in [-0.15, -0.1) is 0 Å². The lowest BCUT2D eigenvalue weighted by molar-refractivity contribution is -0.110. The summed E-state index contributed by atoms with van der Waals surface area (Å²) in [6, 6.07) is 0. The van der Waals surface area contributed by atoms with Crippen molar-refractivity contribution in [2.45, 2.75) is 32.6 Å². The van der Waals surface area contributed by atoms with Crippen molar-refractivity contribution in [2.24, 2.45) is 5.41 Å². The zero-order valence-electron chi connectivity index (χ0n) is 10.8. The average molecular weight is 256 g/mol. The topological polar surface area (TPSA) is 20.3 Å². The first-order valence-electron chi connectivity index (χ1n) is 6.22. The van der Waals surface area contributed by atoms with E-state index in [1.165, 1.54) is 0 Å². The molecule has 1 saturated heterocycles. The summed E-state index contributed by atoms with van der Waals surface area (Å²) in [7, 11) is 2.13. The van der Waals surface area contributed by atoms with Gasteiger partial charge in [0.05, 0.1) is 0 Å². The Balaban J connectivity index is 2.65. The summed E-state index contributed by atoms with van der Waals surface area (Å²) in [5.74, 6) is 0. The first-order valence-corrected chi connectivity index (χ1v) is 6.60. The quantitative estimate of drug-likeness (QED) is 0.555. The summed E-state index contributed by atoms with van der Waals surface area (Å²) in [6.07, 6.45) is 10.7. The number of piperidine rings is 1. The van der Waals surface area contributed by atoms with Crippen LogP contribution >= 0.6 is 11.6 Å². The monoisotopic (exact) mass is 255 g/mol. The second kappa shape index (κ2) is 6.97. The molecule has 1 aliphatic rings. The van der Waals surface area contributed by atoms with Crippen LogP contribution in [0.1, 0.15) is 32.6 Å². The Morgan fingerprint density at radius 2 is 2.00 bits per heavy atom. The molecular formula is C14H22ClNO. The van der Waals surface area contributed by atoms with Crippen LogP contribution in [0.15, 0.2) is 23.3 Å². The molecule has 96 valence electrons. The number of likely N-dealkylation sites (tertiary alicyclic amines) is 1. The summed E-state index contributed by atoms with van der Waals surface area (Å²) in [6.45, 7) is 4.10. The number of nitrogens with zero attached hydrogens (tertiary/aromatic N) is 1. The fraction of sp³-hybridized carbons (Fsp3) is 0.643. The number of aldehydes is 1. The van der Waals surface area contributed by atoms with Crippen molar-refractivity contribution >= 4 is 17.9 Å². The molecule has 0 aromatic heterocycles. The molecule has 1 heterocycles. The predicted molar refractivity (Wildman–Crippen MR) is 73.2 cm³/mol. The van der Waals surface area contributed by atoms with Gasteiger partial charge in [0.15, 0.2) is 0 Å². The van der Waals surface area contributed by atoms with E-state index in [-0.39, 0.29) is 5.41 Å². The zero-order valence-corrected chi connectivity index (χ0v) is 11.5. The van der Waals surface area contributed by atoms with Gasteiger partial charge in [-0.1, -0.05) is 23.8 Å². The van der Waals surface area contributed by atoms with Gasteiger partial charge in [0.1, 0.15) is 6.29 Å². The molecule has 3 heteroatoms. The summed E-state index contributed by atoms with van der Waals surface area (Å²) in [5.41, 5.74) is 0.135. The maximum absolute atomic E-state index is 10.8. The number of hydrogen-bond donors (Lipinski definition) is 0. The molecule has 0 aromatic carbocycles. The van der Waals surface area contributed by atoms with Crippen LogP contribution in [0.5, 0.6) is 0 Å². The largest absolute Gasteiger partial charge is 0.306 e. The first-order chi connectivity index (χ1) is 8.12. The molecular weight excluding hydrogens is 234 g/mol. The van der Waals surface area contributed by atoms with Crippen LogP contribution in [0, 0.1) is 5.41 Å². The van der Waals surface area contributed by atoms with Gasteiger partial charge in [0.25, 0.3) is 0 Å². The molecule has 0 spiro atoms. The standard InChI is InChI=1S/C14H22ClNO/c1-3-4-13(15)5-6-14(9-12-17)7-10-16(2)11-8-14/h3-5,12H,6-11H2,1-2H3/b4-3-,13-5+. The number of allylic oxidation sites excluding steroid dienone is 4. The van der Waals surface area contributed by atoms with E-state index >= 15 is 0 Å². The van der Waals surface area contributed by atoms with Crippen molar-refractivity contribution in [3.05, 3.63) is 23.3 Å². The normalized spacial score (nSPS) is 21.9. The third-order valence-electron chi connectivity index (χ3n) is 3.62. The molecule has 0 saturated carbocycles. The number of hydrogen-bond acceptors (Lipinski definition) is 2. The van der Waals surface area contributed by atoms with Crippen molar-refractivity contribution in [1.82, 2.24) is 4.90 Å². The lowest BCUT2D eigenvalue weighted by atomic mass is 9.73. The molecule has 17 heavy (non-hydrogen) atoms. The van der Waals surface area contributed by atoms with Crippen molar-refractivity contribution in [3.63, 3.8) is 0 Å². The molecule has 0 atom stereocenters. The number of halogens is 1. The third kappa shape index (κ3) is 4.64. The Hall–Kier alpha value is -0.600. The fourth-order valence-electron chi connectivity index (χ4n) is 2.30. The molecule has 0 amide bonds. The highest BCUT2D eigenvalue weighted by atomic mass is 35.5. The molecule has 0 aromatic rings. The van der Waals surface area contributed by atoms with Crippen molar-refractivity contribution in [3.8, 4) is 0 Å². The maximum Gasteiger partial charge on any atom is 0.120 e. The van der Waals surface area contributed by atoms with Gasteiger partial charge < -0.3 is 9.69 Å². The minimum absolute atomic E-state index is 0.135. The second-order valence-corrected chi connectivity index (χ2v) is 5.40. The van der Waals surface area contributed by atoms with Gasteiger partial charge in [-0.25, -0.2) is 0 Å². The Bertz CT molecular complexity index is 301. The molecule has 0 N–H and O–H groups in total.